The van der Waals surface area contributed by atoms with Gasteiger partial charge in [0.2, 0.25) is 0 Å². The van der Waals surface area contributed by atoms with E-state index in [9.17, 15) is 8.42 Å². The summed E-state index contributed by atoms with van der Waals surface area (Å²) in [6.07, 6.45) is 8.28. The van der Waals surface area contributed by atoms with Crippen molar-refractivity contribution in [3.05, 3.63) is 0 Å². The number of rotatable bonds is 4. The molecular formula is C12H23NO2S. The first kappa shape index (κ1) is 12.4. The van der Waals surface area contributed by atoms with E-state index in [-0.39, 0.29) is 0 Å². The van der Waals surface area contributed by atoms with Crippen molar-refractivity contribution in [2.45, 2.75) is 50.2 Å². The van der Waals surface area contributed by atoms with Crippen molar-refractivity contribution in [1.82, 2.24) is 5.32 Å². The number of hydrogen-bond acceptors (Lipinski definition) is 3. The van der Waals surface area contributed by atoms with Crippen LogP contribution in [0.15, 0.2) is 0 Å². The van der Waals surface area contributed by atoms with E-state index < -0.39 is 14.6 Å². The molecule has 0 aromatic rings. The second-order valence-electron chi connectivity index (χ2n) is 5.80. The van der Waals surface area contributed by atoms with E-state index in [2.05, 4.69) is 5.32 Å². The summed E-state index contributed by atoms with van der Waals surface area (Å²) in [5.74, 6) is 0. The largest absolute Gasteiger partial charge is 0.315 e. The lowest BCUT2D eigenvalue weighted by Gasteiger charge is -2.54. The predicted octanol–water partition coefficient (Wildman–Crippen LogP) is 1.73. The maximum Gasteiger partial charge on any atom is 0.154 e. The topological polar surface area (TPSA) is 46.2 Å². The zero-order chi connectivity index (χ0) is 11.9. The molecule has 0 aliphatic heterocycles. The third-order valence-electron chi connectivity index (χ3n) is 4.54. The first-order chi connectivity index (χ1) is 7.43. The molecule has 94 valence electrons. The quantitative estimate of drug-likeness (QED) is 0.820. The smallest absolute Gasteiger partial charge is 0.154 e. The highest BCUT2D eigenvalue weighted by Crippen LogP contribution is 2.60. The van der Waals surface area contributed by atoms with Crippen LogP contribution in [0.4, 0.5) is 0 Å². The normalized spacial score (nSPS) is 26.9. The summed E-state index contributed by atoms with van der Waals surface area (Å²) in [6, 6.07) is 0. The summed E-state index contributed by atoms with van der Waals surface area (Å²) < 4.78 is 23.4. The summed E-state index contributed by atoms with van der Waals surface area (Å²) in [4.78, 5) is 0. The monoisotopic (exact) mass is 245 g/mol. The molecule has 0 unspecified atom stereocenters. The SMILES string of the molecule is CCNCC1(S(C)(=O)=O)CC2(CCCC2)C1. The maximum atomic E-state index is 11.9. The standard InChI is InChI=1S/C12H23NO2S/c1-3-13-10-12(16(2,14)15)8-11(9-12)6-4-5-7-11/h13H,3-10H2,1-2H3. The molecule has 4 heteroatoms. The molecule has 0 radical (unpaired) electrons. The van der Waals surface area contributed by atoms with Crippen LogP contribution < -0.4 is 5.32 Å². The van der Waals surface area contributed by atoms with Crippen LogP contribution in [0.2, 0.25) is 0 Å². The highest BCUT2D eigenvalue weighted by atomic mass is 32.2. The van der Waals surface area contributed by atoms with Crippen molar-refractivity contribution in [3.8, 4) is 0 Å². The van der Waals surface area contributed by atoms with Crippen molar-refractivity contribution in [2.24, 2.45) is 5.41 Å². The molecule has 2 aliphatic carbocycles. The molecule has 0 saturated heterocycles. The van der Waals surface area contributed by atoms with Crippen LogP contribution in [0, 0.1) is 5.41 Å². The molecule has 1 spiro atoms. The lowest BCUT2D eigenvalue weighted by molar-refractivity contribution is 0.0819. The second-order valence-corrected chi connectivity index (χ2v) is 8.21. The summed E-state index contributed by atoms with van der Waals surface area (Å²) in [6.45, 7) is 3.52. The molecule has 2 aliphatic rings. The molecule has 2 saturated carbocycles. The Morgan fingerprint density at radius 3 is 2.19 bits per heavy atom. The van der Waals surface area contributed by atoms with E-state index in [0.717, 1.165) is 19.4 Å². The second kappa shape index (κ2) is 3.98. The van der Waals surface area contributed by atoms with Crippen LogP contribution in [0.5, 0.6) is 0 Å². The van der Waals surface area contributed by atoms with Crippen molar-refractivity contribution in [3.63, 3.8) is 0 Å². The molecule has 0 aromatic heterocycles. The van der Waals surface area contributed by atoms with Crippen LogP contribution in [-0.4, -0.2) is 32.5 Å². The molecule has 0 heterocycles. The Bertz CT molecular complexity index is 347. The fraction of sp³-hybridized carbons (Fsp3) is 1.00. The van der Waals surface area contributed by atoms with Crippen molar-refractivity contribution in [2.75, 3.05) is 19.3 Å². The Morgan fingerprint density at radius 1 is 1.19 bits per heavy atom. The summed E-state index contributed by atoms with van der Waals surface area (Å²) >= 11 is 0. The Hall–Kier alpha value is -0.0900. The van der Waals surface area contributed by atoms with Gasteiger partial charge in [-0.1, -0.05) is 19.8 Å². The molecule has 1 N–H and O–H groups in total. The maximum absolute atomic E-state index is 11.9. The zero-order valence-electron chi connectivity index (χ0n) is 10.4. The Balaban J connectivity index is 2.09. The van der Waals surface area contributed by atoms with Gasteiger partial charge in [0.1, 0.15) is 0 Å². The molecule has 0 bridgehead atoms. The van der Waals surface area contributed by atoms with Gasteiger partial charge in [0.05, 0.1) is 4.75 Å². The fourth-order valence-electron chi connectivity index (χ4n) is 3.66. The number of hydrogen-bond donors (Lipinski definition) is 1. The molecule has 0 aromatic carbocycles. The lowest BCUT2D eigenvalue weighted by atomic mass is 9.60. The Labute approximate surface area is 98.9 Å². The van der Waals surface area contributed by atoms with Crippen LogP contribution in [0.1, 0.15) is 45.4 Å². The highest BCUT2D eigenvalue weighted by molar-refractivity contribution is 7.92. The molecule has 0 amide bonds. The lowest BCUT2D eigenvalue weighted by Crippen LogP contribution is -2.60. The van der Waals surface area contributed by atoms with Crippen LogP contribution in [-0.2, 0) is 9.84 Å². The van der Waals surface area contributed by atoms with Gasteiger partial charge in [0.15, 0.2) is 9.84 Å². The predicted molar refractivity (Wildman–Crippen MR) is 66.3 cm³/mol. The van der Waals surface area contributed by atoms with E-state index >= 15 is 0 Å². The van der Waals surface area contributed by atoms with Gasteiger partial charge in [-0.15, -0.1) is 0 Å². The third-order valence-corrected chi connectivity index (χ3v) is 6.55. The van der Waals surface area contributed by atoms with Gasteiger partial charge in [0.25, 0.3) is 0 Å². The number of sulfone groups is 1. The average molecular weight is 245 g/mol. The van der Waals surface area contributed by atoms with E-state index in [4.69, 9.17) is 0 Å². The molecule has 16 heavy (non-hydrogen) atoms. The van der Waals surface area contributed by atoms with Gasteiger partial charge in [0, 0.05) is 12.8 Å². The van der Waals surface area contributed by atoms with Crippen molar-refractivity contribution in [1.29, 1.82) is 0 Å². The van der Waals surface area contributed by atoms with Gasteiger partial charge in [-0.25, -0.2) is 8.42 Å². The Morgan fingerprint density at radius 2 is 1.75 bits per heavy atom. The van der Waals surface area contributed by atoms with Gasteiger partial charge in [-0.2, -0.15) is 0 Å². The van der Waals surface area contributed by atoms with E-state index in [0.29, 0.717) is 12.0 Å². The first-order valence-electron chi connectivity index (χ1n) is 6.33. The number of nitrogens with one attached hydrogen (secondary N) is 1. The molecule has 2 rings (SSSR count). The van der Waals surface area contributed by atoms with Gasteiger partial charge >= 0.3 is 0 Å². The van der Waals surface area contributed by atoms with Gasteiger partial charge in [-0.3, -0.25) is 0 Å². The van der Waals surface area contributed by atoms with Crippen LogP contribution in [0.3, 0.4) is 0 Å². The molecule has 2 fully saturated rings. The summed E-state index contributed by atoms with van der Waals surface area (Å²) in [5, 5.41) is 3.22. The summed E-state index contributed by atoms with van der Waals surface area (Å²) in [5.41, 5.74) is 0.387. The molecule has 3 nitrogen and oxygen atoms in total. The average Bonchev–Trinajstić information content (AvgIpc) is 2.59. The Kier molecular flexibility index (Phi) is 3.08. The zero-order valence-corrected chi connectivity index (χ0v) is 11.2. The minimum Gasteiger partial charge on any atom is -0.315 e. The van der Waals surface area contributed by atoms with Crippen LogP contribution >= 0.6 is 0 Å². The van der Waals surface area contributed by atoms with Crippen LogP contribution in [0.25, 0.3) is 0 Å². The van der Waals surface area contributed by atoms with Crippen molar-refractivity contribution >= 4 is 9.84 Å². The molecular weight excluding hydrogens is 222 g/mol. The first-order valence-corrected chi connectivity index (χ1v) is 8.23. The fourth-order valence-corrected chi connectivity index (χ4v) is 5.17. The van der Waals surface area contributed by atoms with Gasteiger partial charge in [-0.05, 0) is 37.6 Å². The van der Waals surface area contributed by atoms with E-state index in [1.54, 1.807) is 0 Å². The van der Waals surface area contributed by atoms with Gasteiger partial charge < -0.3 is 5.32 Å². The summed E-state index contributed by atoms with van der Waals surface area (Å²) in [7, 11) is -2.93. The molecule has 0 atom stereocenters. The minimum atomic E-state index is -2.93. The van der Waals surface area contributed by atoms with Crippen molar-refractivity contribution < 1.29 is 8.42 Å². The third kappa shape index (κ3) is 1.90. The highest BCUT2D eigenvalue weighted by Gasteiger charge is 2.59. The minimum absolute atomic E-state index is 0.387. The van der Waals surface area contributed by atoms with E-state index in [1.807, 2.05) is 6.92 Å². The van der Waals surface area contributed by atoms with E-state index in [1.165, 1.54) is 31.9 Å².